The van der Waals surface area contributed by atoms with Crippen molar-refractivity contribution in [3.05, 3.63) is 0 Å². The van der Waals surface area contributed by atoms with E-state index in [1.807, 2.05) is 0 Å². The topological polar surface area (TPSA) is 47.3 Å². The lowest BCUT2D eigenvalue weighted by Gasteiger charge is -2.40. The minimum absolute atomic E-state index is 0.0291. The number of nitrogens with two attached hydrogens (primary N) is 1. The number of hydrogen-bond acceptors (Lipinski definition) is 3. The van der Waals surface area contributed by atoms with Crippen LogP contribution in [0.4, 0.5) is 0 Å². The molecule has 2 rings (SSSR count). The predicted molar refractivity (Wildman–Crippen MR) is 66.5 cm³/mol. The molecule has 0 unspecified atom stereocenters. The van der Waals surface area contributed by atoms with E-state index in [1.165, 1.54) is 32.1 Å². The van der Waals surface area contributed by atoms with Crippen LogP contribution in [0, 0.1) is 0 Å². The highest BCUT2D eigenvalue weighted by Gasteiger charge is 2.32. The van der Waals surface area contributed by atoms with Crippen molar-refractivity contribution in [1.29, 1.82) is 0 Å². The van der Waals surface area contributed by atoms with Gasteiger partial charge in [0.25, 0.3) is 0 Å². The van der Waals surface area contributed by atoms with Gasteiger partial charge in [-0.1, -0.05) is 19.3 Å². The van der Waals surface area contributed by atoms with Crippen LogP contribution in [0.15, 0.2) is 0 Å². The average Bonchev–Trinajstić information content (AvgIpc) is 2.29. The largest absolute Gasteiger partial charge is 0.381 e. The standard InChI is InChI=1S/C13H26N2O/c1-12(5-3-2-4-6-12)15-11-13(14)7-9-16-10-8-13/h15H,2-11,14H2,1H3. The van der Waals surface area contributed by atoms with Crippen LogP contribution < -0.4 is 11.1 Å². The van der Waals surface area contributed by atoms with Gasteiger partial charge in [-0.15, -0.1) is 0 Å². The summed E-state index contributed by atoms with van der Waals surface area (Å²) in [6.45, 7) is 4.96. The summed E-state index contributed by atoms with van der Waals surface area (Å²) in [5.41, 5.74) is 6.70. The van der Waals surface area contributed by atoms with Crippen molar-refractivity contribution in [2.45, 2.75) is 62.9 Å². The van der Waals surface area contributed by atoms with Gasteiger partial charge in [-0.2, -0.15) is 0 Å². The molecule has 0 bridgehead atoms. The molecule has 2 fully saturated rings. The summed E-state index contributed by atoms with van der Waals surface area (Å²) in [7, 11) is 0. The molecule has 3 heteroatoms. The molecule has 0 radical (unpaired) electrons. The van der Waals surface area contributed by atoms with Crippen LogP contribution in [0.2, 0.25) is 0 Å². The molecule has 0 aromatic rings. The van der Waals surface area contributed by atoms with Gasteiger partial charge in [0.1, 0.15) is 0 Å². The summed E-state index contributed by atoms with van der Waals surface area (Å²) in [5.74, 6) is 0. The summed E-state index contributed by atoms with van der Waals surface area (Å²) in [6.07, 6.45) is 8.73. The SMILES string of the molecule is CC1(NCC2(N)CCOCC2)CCCCC1. The zero-order chi connectivity index (χ0) is 11.5. The van der Waals surface area contributed by atoms with Crippen LogP contribution in [-0.4, -0.2) is 30.8 Å². The molecule has 0 atom stereocenters. The number of rotatable bonds is 3. The predicted octanol–water partition coefficient (Wildman–Crippen LogP) is 1.81. The first-order valence-corrected chi connectivity index (χ1v) is 6.74. The van der Waals surface area contributed by atoms with Gasteiger partial charge in [-0.05, 0) is 32.6 Å². The molecule has 1 heterocycles. The molecule has 0 amide bonds. The first kappa shape index (κ1) is 12.3. The van der Waals surface area contributed by atoms with Gasteiger partial charge >= 0.3 is 0 Å². The highest BCUT2D eigenvalue weighted by molar-refractivity contribution is 4.94. The van der Waals surface area contributed by atoms with Crippen LogP contribution >= 0.6 is 0 Å². The van der Waals surface area contributed by atoms with E-state index in [1.54, 1.807) is 0 Å². The maximum Gasteiger partial charge on any atom is 0.0484 e. The van der Waals surface area contributed by atoms with E-state index in [-0.39, 0.29) is 5.54 Å². The van der Waals surface area contributed by atoms with Crippen LogP contribution in [0.1, 0.15) is 51.9 Å². The van der Waals surface area contributed by atoms with Gasteiger partial charge in [0, 0.05) is 30.8 Å². The molecule has 0 aromatic heterocycles. The van der Waals surface area contributed by atoms with Gasteiger partial charge in [0.15, 0.2) is 0 Å². The van der Waals surface area contributed by atoms with Crippen molar-refractivity contribution in [2.24, 2.45) is 5.73 Å². The second-order valence-corrected chi connectivity index (χ2v) is 5.95. The second kappa shape index (κ2) is 5.03. The first-order chi connectivity index (χ1) is 7.62. The Labute approximate surface area is 99.1 Å². The van der Waals surface area contributed by atoms with E-state index in [4.69, 9.17) is 10.5 Å². The summed E-state index contributed by atoms with van der Waals surface area (Å²) < 4.78 is 5.37. The molecule has 0 spiro atoms. The van der Waals surface area contributed by atoms with Crippen molar-refractivity contribution in [2.75, 3.05) is 19.8 Å². The summed E-state index contributed by atoms with van der Waals surface area (Å²) >= 11 is 0. The lowest BCUT2D eigenvalue weighted by Crippen LogP contribution is -2.57. The Bertz CT molecular complexity index is 194. The van der Waals surface area contributed by atoms with E-state index in [9.17, 15) is 0 Å². The number of hydrogen-bond donors (Lipinski definition) is 2. The molecule has 3 N–H and O–H groups in total. The van der Waals surface area contributed by atoms with Gasteiger partial charge in [-0.25, -0.2) is 0 Å². The Morgan fingerprint density at radius 2 is 1.69 bits per heavy atom. The molecule has 1 aliphatic carbocycles. The molecule has 16 heavy (non-hydrogen) atoms. The van der Waals surface area contributed by atoms with Crippen LogP contribution in [0.5, 0.6) is 0 Å². The Kier molecular flexibility index (Phi) is 3.88. The van der Waals surface area contributed by atoms with Crippen LogP contribution in [0.25, 0.3) is 0 Å². The fourth-order valence-corrected chi connectivity index (χ4v) is 2.85. The average molecular weight is 226 g/mol. The molecule has 94 valence electrons. The van der Waals surface area contributed by atoms with Crippen molar-refractivity contribution in [3.63, 3.8) is 0 Å². The van der Waals surface area contributed by atoms with E-state index < -0.39 is 0 Å². The molecular weight excluding hydrogens is 200 g/mol. The molecule has 1 saturated carbocycles. The second-order valence-electron chi connectivity index (χ2n) is 5.95. The minimum Gasteiger partial charge on any atom is -0.381 e. The summed E-state index contributed by atoms with van der Waals surface area (Å²) in [4.78, 5) is 0. The van der Waals surface area contributed by atoms with E-state index in [0.29, 0.717) is 5.54 Å². The van der Waals surface area contributed by atoms with Gasteiger partial charge in [0.2, 0.25) is 0 Å². The van der Waals surface area contributed by atoms with Gasteiger partial charge in [-0.3, -0.25) is 0 Å². The Morgan fingerprint density at radius 3 is 2.31 bits per heavy atom. The molecular formula is C13H26N2O. The van der Waals surface area contributed by atoms with Crippen molar-refractivity contribution < 1.29 is 4.74 Å². The summed E-state index contributed by atoms with van der Waals surface area (Å²) in [6, 6.07) is 0. The lowest BCUT2D eigenvalue weighted by molar-refractivity contribution is 0.0489. The number of ether oxygens (including phenoxy) is 1. The monoisotopic (exact) mass is 226 g/mol. The molecule has 1 aliphatic heterocycles. The zero-order valence-electron chi connectivity index (χ0n) is 10.6. The molecule has 2 aliphatic rings. The highest BCUT2D eigenvalue weighted by Crippen LogP contribution is 2.28. The third-order valence-corrected chi connectivity index (χ3v) is 4.31. The minimum atomic E-state index is -0.0291. The Morgan fingerprint density at radius 1 is 1.06 bits per heavy atom. The third-order valence-electron chi connectivity index (χ3n) is 4.31. The molecule has 0 aromatic carbocycles. The fourth-order valence-electron chi connectivity index (χ4n) is 2.85. The normalized spacial score (nSPS) is 28.9. The van der Waals surface area contributed by atoms with E-state index in [2.05, 4.69) is 12.2 Å². The third kappa shape index (κ3) is 3.19. The number of nitrogens with one attached hydrogen (secondary N) is 1. The van der Waals surface area contributed by atoms with Crippen molar-refractivity contribution >= 4 is 0 Å². The lowest BCUT2D eigenvalue weighted by atomic mass is 9.82. The maximum atomic E-state index is 6.39. The quantitative estimate of drug-likeness (QED) is 0.771. The highest BCUT2D eigenvalue weighted by atomic mass is 16.5. The fraction of sp³-hybridized carbons (Fsp3) is 1.00. The van der Waals surface area contributed by atoms with Gasteiger partial charge < -0.3 is 15.8 Å². The zero-order valence-corrected chi connectivity index (χ0v) is 10.6. The van der Waals surface area contributed by atoms with Crippen LogP contribution in [0.3, 0.4) is 0 Å². The Hall–Kier alpha value is -0.120. The van der Waals surface area contributed by atoms with Crippen molar-refractivity contribution in [1.82, 2.24) is 5.32 Å². The van der Waals surface area contributed by atoms with Crippen LogP contribution in [-0.2, 0) is 4.74 Å². The summed E-state index contributed by atoms with van der Waals surface area (Å²) in [5, 5.41) is 3.73. The van der Waals surface area contributed by atoms with E-state index in [0.717, 1.165) is 32.6 Å². The van der Waals surface area contributed by atoms with Gasteiger partial charge in [0.05, 0.1) is 0 Å². The molecule has 3 nitrogen and oxygen atoms in total. The van der Waals surface area contributed by atoms with E-state index >= 15 is 0 Å². The Balaban J connectivity index is 1.80. The smallest absolute Gasteiger partial charge is 0.0484 e. The molecule has 1 saturated heterocycles. The maximum absolute atomic E-state index is 6.39. The van der Waals surface area contributed by atoms with Crippen molar-refractivity contribution in [3.8, 4) is 0 Å². The first-order valence-electron chi connectivity index (χ1n) is 6.74.